The van der Waals surface area contributed by atoms with Crippen LogP contribution in [0.5, 0.6) is 0 Å². The summed E-state index contributed by atoms with van der Waals surface area (Å²) in [6.45, 7) is 3.94. The first-order valence-corrected chi connectivity index (χ1v) is 7.14. The van der Waals surface area contributed by atoms with Gasteiger partial charge < -0.3 is 5.73 Å². The number of benzene rings is 2. The summed E-state index contributed by atoms with van der Waals surface area (Å²) in [4.78, 5) is 0. The minimum absolute atomic E-state index is 0.0400. The fourth-order valence-electron chi connectivity index (χ4n) is 2.26. The summed E-state index contributed by atoms with van der Waals surface area (Å²) >= 11 is 3.49. The van der Waals surface area contributed by atoms with Gasteiger partial charge in [-0.3, -0.25) is 0 Å². The summed E-state index contributed by atoms with van der Waals surface area (Å²) < 4.78 is 28.3. The molecule has 2 aromatic carbocycles. The third-order valence-electron chi connectivity index (χ3n) is 3.37. The SMILES string of the molecule is Cc1cc(C(N)Cc2c(F)cccc2F)cc(C)c1Br. The zero-order chi connectivity index (χ0) is 14.9. The smallest absolute Gasteiger partial charge is 0.129 e. The number of halogens is 3. The first kappa shape index (κ1) is 15.1. The summed E-state index contributed by atoms with van der Waals surface area (Å²) in [6.07, 6.45) is 0.138. The highest BCUT2D eigenvalue weighted by Crippen LogP contribution is 2.27. The van der Waals surface area contributed by atoms with Crippen LogP contribution in [0.3, 0.4) is 0 Å². The van der Waals surface area contributed by atoms with Gasteiger partial charge in [-0.2, -0.15) is 0 Å². The van der Waals surface area contributed by atoms with Crippen molar-refractivity contribution in [3.05, 3.63) is 68.7 Å². The Kier molecular flexibility index (Phi) is 4.55. The number of hydrogen-bond acceptors (Lipinski definition) is 1. The monoisotopic (exact) mass is 339 g/mol. The molecule has 0 fully saturated rings. The molecule has 2 rings (SSSR count). The number of nitrogens with two attached hydrogens (primary N) is 1. The lowest BCUT2D eigenvalue weighted by Gasteiger charge is -2.16. The van der Waals surface area contributed by atoms with Crippen LogP contribution in [0.25, 0.3) is 0 Å². The maximum absolute atomic E-state index is 13.6. The lowest BCUT2D eigenvalue weighted by Crippen LogP contribution is -2.15. The summed E-state index contributed by atoms with van der Waals surface area (Å²) in [5.41, 5.74) is 9.14. The second kappa shape index (κ2) is 6.02. The normalized spacial score (nSPS) is 12.5. The first-order chi connectivity index (χ1) is 9.40. The molecule has 2 N–H and O–H groups in total. The van der Waals surface area contributed by atoms with Gasteiger partial charge in [-0.05, 0) is 49.1 Å². The molecular weight excluding hydrogens is 324 g/mol. The molecule has 0 radical (unpaired) electrons. The predicted octanol–water partition coefficient (Wildman–Crippen LogP) is 4.59. The Labute approximate surface area is 125 Å². The highest BCUT2D eigenvalue weighted by molar-refractivity contribution is 9.10. The molecule has 0 bridgehead atoms. The minimum Gasteiger partial charge on any atom is -0.324 e. The number of rotatable bonds is 3. The fraction of sp³-hybridized carbons (Fsp3) is 0.250. The van der Waals surface area contributed by atoms with Gasteiger partial charge >= 0.3 is 0 Å². The van der Waals surface area contributed by atoms with E-state index in [4.69, 9.17) is 5.73 Å². The van der Waals surface area contributed by atoms with E-state index in [2.05, 4.69) is 15.9 Å². The highest BCUT2D eigenvalue weighted by Gasteiger charge is 2.15. The van der Waals surface area contributed by atoms with Gasteiger partial charge in [-0.25, -0.2) is 8.78 Å². The van der Waals surface area contributed by atoms with Gasteiger partial charge in [-0.15, -0.1) is 0 Å². The molecule has 0 aliphatic rings. The molecule has 0 aliphatic heterocycles. The zero-order valence-corrected chi connectivity index (χ0v) is 13.0. The molecule has 4 heteroatoms. The highest BCUT2D eigenvalue weighted by atomic mass is 79.9. The van der Waals surface area contributed by atoms with Gasteiger partial charge in [0.2, 0.25) is 0 Å². The van der Waals surface area contributed by atoms with Crippen molar-refractivity contribution in [3.8, 4) is 0 Å². The minimum atomic E-state index is -0.550. The first-order valence-electron chi connectivity index (χ1n) is 6.35. The molecule has 0 amide bonds. The number of aryl methyl sites for hydroxylation is 2. The Morgan fingerprint density at radius 3 is 2.10 bits per heavy atom. The molecule has 2 aromatic rings. The molecule has 1 unspecified atom stereocenters. The zero-order valence-electron chi connectivity index (χ0n) is 11.4. The second-order valence-electron chi connectivity index (χ2n) is 4.98. The lowest BCUT2D eigenvalue weighted by atomic mass is 9.96. The number of hydrogen-bond donors (Lipinski definition) is 1. The Balaban J connectivity index is 2.31. The average Bonchev–Trinajstić information content (AvgIpc) is 2.39. The van der Waals surface area contributed by atoms with Gasteiger partial charge in [0.05, 0.1) is 0 Å². The van der Waals surface area contributed by atoms with E-state index in [9.17, 15) is 8.78 Å². The van der Waals surface area contributed by atoms with Crippen LogP contribution in [0, 0.1) is 25.5 Å². The van der Waals surface area contributed by atoms with Crippen LogP contribution in [0.2, 0.25) is 0 Å². The van der Waals surface area contributed by atoms with Crippen molar-refractivity contribution >= 4 is 15.9 Å². The molecular formula is C16H16BrF2N. The van der Waals surface area contributed by atoms with Gasteiger partial charge in [0.15, 0.2) is 0 Å². The molecule has 0 saturated heterocycles. The van der Waals surface area contributed by atoms with E-state index < -0.39 is 17.7 Å². The van der Waals surface area contributed by atoms with Crippen molar-refractivity contribution in [2.24, 2.45) is 5.73 Å². The van der Waals surface area contributed by atoms with E-state index in [1.165, 1.54) is 18.2 Å². The van der Waals surface area contributed by atoms with Crippen LogP contribution in [0.15, 0.2) is 34.8 Å². The summed E-state index contributed by atoms with van der Waals surface area (Å²) in [5.74, 6) is -1.10. The lowest BCUT2D eigenvalue weighted by molar-refractivity contribution is 0.539. The van der Waals surface area contributed by atoms with Gasteiger partial charge in [0.25, 0.3) is 0 Å². The van der Waals surface area contributed by atoms with Gasteiger partial charge in [0.1, 0.15) is 11.6 Å². The maximum atomic E-state index is 13.6. The second-order valence-corrected chi connectivity index (χ2v) is 5.77. The Morgan fingerprint density at radius 1 is 1.10 bits per heavy atom. The predicted molar refractivity (Wildman–Crippen MR) is 80.6 cm³/mol. The molecule has 0 spiro atoms. The third-order valence-corrected chi connectivity index (χ3v) is 4.62. The molecule has 0 aromatic heterocycles. The summed E-state index contributed by atoms with van der Waals surface area (Å²) in [6, 6.07) is 7.31. The Morgan fingerprint density at radius 2 is 1.60 bits per heavy atom. The fourth-order valence-corrected chi connectivity index (χ4v) is 2.49. The largest absolute Gasteiger partial charge is 0.324 e. The maximum Gasteiger partial charge on any atom is 0.129 e. The van der Waals surface area contributed by atoms with Gasteiger partial charge in [0, 0.05) is 16.1 Å². The van der Waals surface area contributed by atoms with Crippen molar-refractivity contribution < 1.29 is 8.78 Å². The van der Waals surface area contributed by atoms with E-state index >= 15 is 0 Å². The van der Waals surface area contributed by atoms with Crippen molar-refractivity contribution in [2.45, 2.75) is 26.3 Å². The molecule has 1 atom stereocenters. The van der Waals surface area contributed by atoms with Crippen LogP contribution in [0.1, 0.15) is 28.3 Å². The van der Waals surface area contributed by atoms with E-state index in [0.717, 1.165) is 21.2 Å². The van der Waals surface area contributed by atoms with Crippen molar-refractivity contribution in [3.63, 3.8) is 0 Å². The standard InChI is InChI=1S/C16H16BrF2N/c1-9-6-11(7-10(2)16(9)17)15(20)8-12-13(18)4-3-5-14(12)19/h3-7,15H,8,20H2,1-2H3. The average molecular weight is 340 g/mol. The molecule has 106 valence electrons. The van der Waals surface area contributed by atoms with Crippen LogP contribution in [-0.2, 0) is 6.42 Å². The molecule has 0 saturated carbocycles. The molecule has 1 nitrogen and oxygen atoms in total. The van der Waals surface area contributed by atoms with Crippen LogP contribution >= 0.6 is 15.9 Å². The van der Waals surface area contributed by atoms with Crippen LogP contribution in [-0.4, -0.2) is 0 Å². The van der Waals surface area contributed by atoms with Crippen molar-refractivity contribution in [1.29, 1.82) is 0 Å². The third kappa shape index (κ3) is 3.07. The summed E-state index contributed by atoms with van der Waals surface area (Å²) in [7, 11) is 0. The van der Waals surface area contributed by atoms with E-state index in [-0.39, 0.29) is 12.0 Å². The van der Waals surface area contributed by atoms with Crippen molar-refractivity contribution in [1.82, 2.24) is 0 Å². The van der Waals surface area contributed by atoms with E-state index in [1.54, 1.807) is 0 Å². The topological polar surface area (TPSA) is 26.0 Å². The van der Waals surface area contributed by atoms with Gasteiger partial charge in [-0.1, -0.05) is 34.1 Å². The van der Waals surface area contributed by atoms with E-state index in [0.29, 0.717) is 0 Å². The van der Waals surface area contributed by atoms with Crippen molar-refractivity contribution in [2.75, 3.05) is 0 Å². The Bertz CT molecular complexity index is 597. The Hall–Kier alpha value is -1.26. The van der Waals surface area contributed by atoms with Crippen LogP contribution < -0.4 is 5.73 Å². The molecule has 0 heterocycles. The van der Waals surface area contributed by atoms with E-state index in [1.807, 2.05) is 26.0 Å². The van der Waals surface area contributed by atoms with Crippen LogP contribution in [0.4, 0.5) is 8.78 Å². The quantitative estimate of drug-likeness (QED) is 0.869. The summed E-state index contributed by atoms with van der Waals surface area (Å²) in [5, 5.41) is 0. The molecule has 0 aliphatic carbocycles. The molecule has 20 heavy (non-hydrogen) atoms.